The highest BCUT2D eigenvalue weighted by Crippen LogP contribution is 2.20. The van der Waals surface area contributed by atoms with E-state index >= 15 is 0 Å². The van der Waals surface area contributed by atoms with Gasteiger partial charge in [-0.25, -0.2) is 9.97 Å². The standard InChI is InChI=1S/C15H22N4O2S/c1-9-10(2)17-15(18-11(9)3)22-8-13(20)19-6-4-5-12(7-19)14(16)21/h12H,4-8H2,1-3H3,(H2,16,21)/t12-/m0/s1. The van der Waals surface area contributed by atoms with Gasteiger partial charge in [0.05, 0.1) is 11.7 Å². The van der Waals surface area contributed by atoms with Crippen LogP contribution in [0.1, 0.15) is 29.8 Å². The largest absolute Gasteiger partial charge is 0.369 e. The van der Waals surface area contributed by atoms with Gasteiger partial charge in [0.25, 0.3) is 0 Å². The molecule has 7 heteroatoms. The third kappa shape index (κ3) is 3.97. The zero-order chi connectivity index (χ0) is 16.3. The highest BCUT2D eigenvalue weighted by molar-refractivity contribution is 7.99. The number of nitrogens with two attached hydrogens (primary N) is 1. The van der Waals surface area contributed by atoms with Gasteiger partial charge in [0, 0.05) is 24.5 Å². The van der Waals surface area contributed by atoms with E-state index in [0.717, 1.165) is 29.8 Å². The molecule has 0 unspecified atom stereocenters. The number of aromatic nitrogens is 2. The van der Waals surface area contributed by atoms with Crippen LogP contribution in [-0.2, 0) is 9.59 Å². The van der Waals surface area contributed by atoms with E-state index in [1.165, 1.54) is 11.8 Å². The number of carbonyl (C=O) groups excluding carboxylic acids is 2. The smallest absolute Gasteiger partial charge is 0.233 e. The van der Waals surface area contributed by atoms with Crippen LogP contribution in [0.4, 0.5) is 0 Å². The fourth-order valence-corrected chi connectivity index (χ4v) is 3.30. The quantitative estimate of drug-likeness (QED) is 0.665. The van der Waals surface area contributed by atoms with E-state index in [1.54, 1.807) is 4.90 Å². The minimum atomic E-state index is -0.321. The maximum atomic E-state index is 12.3. The Labute approximate surface area is 134 Å². The third-order valence-electron chi connectivity index (χ3n) is 4.11. The molecule has 6 nitrogen and oxygen atoms in total. The first-order valence-electron chi connectivity index (χ1n) is 7.40. The summed E-state index contributed by atoms with van der Waals surface area (Å²) in [7, 11) is 0. The minimum Gasteiger partial charge on any atom is -0.369 e. The molecule has 1 saturated heterocycles. The van der Waals surface area contributed by atoms with Crippen LogP contribution in [0.15, 0.2) is 5.16 Å². The number of piperidine rings is 1. The molecule has 2 heterocycles. The SMILES string of the molecule is Cc1nc(SCC(=O)N2CCC[C@H](C(N)=O)C2)nc(C)c1C. The third-order valence-corrected chi connectivity index (χ3v) is 4.95. The van der Waals surface area contributed by atoms with Crippen molar-refractivity contribution in [1.29, 1.82) is 0 Å². The van der Waals surface area contributed by atoms with Gasteiger partial charge in [-0.15, -0.1) is 0 Å². The van der Waals surface area contributed by atoms with Crippen LogP contribution in [0.5, 0.6) is 0 Å². The Kier molecular flexibility index (Phi) is 5.39. The van der Waals surface area contributed by atoms with E-state index in [1.807, 2.05) is 20.8 Å². The summed E-state index contributed by atoms with van der Waals surface area (Å²) < 4.78 is 0. The number of hydrogen-bond donors (Lipinski definition) is 1. The van der Waals surface area contributed by atoms with Crippen LogP contribution < -0.4 is 5.73 Å². The van der Waals surface area contributed by atoms with Gasteiger partial charge in [0.1, 0.15) is 0 Å². The van der Waals surface area contributed by atoms with Crippen LogP contribution >= 0.6 is 11.8 Å². The van der Waals surface area contributed by atoms with Gasteiger partial charge < -0.3 is 10.6 Å². The second kappa shape index (κ2) is 7.09. The number of nitrogens with zero attached hydrogens (tertiary/aromatic N) is 3. The van der Waals surface area contributed by atoms with Crippen molar-refractivity contribution in [3.8, 4) is 0 Å². The Morgan fingerprint density at radius 1 is 1.27 bits per heavy atom. The summed E-state index contributed by atoms with van der Waals surface area (Å²) in [5.74, 6) is -0.246. The number of hydrogen-bond acceptors (Lipinski definition) is 5. The van der Waals surface area contributed by atoms with Crippen molar-refractivity contribution in [2.75, 3.05) is 18.8 Å². The van der Waals surface area contributed by atoms with Gasteiger partial charge in [-0.2, -0.15) is 0 Å². The Morgan fingerprint density at radius 3 is 2.50 bits per heavy atom. The van der Waals surface area contributed by atoms with Crippen molar-refractivity contribution >= 4 is 23.6 Å². The summed E-state index contributed by atoms with van der Waals surface area (Å²) in [6.07, 6.45) is 1.59. The van der Waals surface area contributed by atoms with Crippen molar-refractivity contribution in [3.05, 3.63) is 17.0 Å². The maximum Gasteiger partial charge on any atom is 0.233 e. The van der Waals surface area contributed by atoms with Gasteiger partial charge in [0.2, 0.25) is 11.8 Å². The average Bonchev–Trinajstić information content (AvgIpc) is 2.50. The Hall–Kier alpha value is -1.63. The minimum absolute atomic E-state index is 0.00966. The van der Waals surface area contributed by atoms with Crippen molar-refractivity contribution in [3.63, 3.8) is 0 Å². The van der Waals surface area contributed by atoms with E-state index in [2.05, 4.69) is 9.97 Å². The molecule has 0 aliphatic carbocycles. The molecule has 1 fully saturated rings. The van der Waals surface area contributed by atoms with E-state index in [-0.39, 0.29) is 23.5 Å². The lowest BCUT2D eigenvalue weighted by molar-refractivity contribution is -0.132. The van der Waals surface area contributed by atoms with Crippen molar-refractivity contribution < 1.29 is 9.59 Å². The number of amides is 2. The van der Waals surface area contributed by atoms with E-state index in [9.17, 15) is 9.59 Å². The lowest BCUT2D eigenvalue weighted by Gasteiger charge is -2.31. The lowest BCUT2D eigenvalue weighted by Crippen LogP contribution is -2.44. The number of carbonyl (C=O) groups is 2. The normalized spacial score (nSPS) is 18.3. The Morgan fingerprint density at radius 2 is 1.91 bits per heavy atom. The molecule has 2 rings (SSSR count). The van der Waals surface area contributed by atoms with Gasteiger partial charge in [-0.05, 0) is 39.2 Å². The number of rotatable bonds is 4. The van der Waals surface area contributed by atoms with Crippen LogP contribution in [-0.4, -0.2) is 45.5 Å². The molecule has 0 aromatic carbocycles. The molecule has 1 aliphatic heterocycles. The Balaban J connectivity index is 1.94. The molecular formula is C15H22N4O2S. The average molecular weight is 322 g/mol. The molecule has 2 N–H and O–H groups in total. The van der Waals surface area contributed by atoms with E-state index in [0.29, 0.717) is 18.2 Å². The molecule has 1 aromatic rings. The predicted molar refractivity (Wildman–Crippen MR) is 85.5 cm³/mol. The first-order chi connectivity index (χ1) is 10.4. The molecule has 22 heavy (non-hydrogen) atoms. The fourth-order valence-electron chi connectivity index (χ4n) is 2.46. The highest BCUT2D eigenvalue weighted by atomic mass is 32.2. The predicted octanol–water partition coefficient (Wildman–Crippen LogP) is 1.22. The summed E-state index contributed by atoms with van der Waals surface area (Å²) >= 11 is 1.34. The van der Waals surface area contributed by atoms with Gasteiger partial charge in [0.15, 0.2) is 5.16 Å². The molecule has 1 aliphatic rings. The van der Waals surface area contributed by atoms with Gasteiger partial charge in [-0.3, -0.25) is 9.59 Å². The first kappa shape index (κ1) is 16.7. The summed E-state index contributed by atoms with van der Waals surface area (Å²) in [4.78, 5) is 34.1. The summed E-state index contributed by atoms with van der Waals surface area (Å²) in [5, 5.41) is 0.623. The molecule has 2 amide bonds. The molecular weight excluding hydrogens is 300 g/mol. The molecule has 1 aromatic heterocycles. The molecule has 1 atom stereocenters. The molecule has 0 bridgehead atoms. The van der Waals surface area contributed by atoms with Crippen LogP contribution in [0.2, 0.25) is 0 Å². The van der Waals surface area contributed by atoms with Crippen LogP contribution in [0, 0.1) is 26.7 Å². The zero-order valence-corrected chi connectivity index (χ0v) is 14.1. The number of aryl methyl sites for hydroxylation is 2. The number of likely N-dealkylation sites (tertiary alicyclic amines) is 1. The second-order valence-corrected chi connectivity index (χ2v) is 6.61. The Bertz CT molecular complexity index is 568. The fraction of sp³-hybridized carbons (Fsp3) is 0.600. The molecule has 0 spiro atoms. The molecule has 120 valence electrons. The maximum absolute atomic E-state index is 12.3. The van der Waals surface area contributed by atoms with Gasteiger partial charge in [-0.1, -0.05) is 11.8 Å². The van der Waals surface area contributed by atoms with Crippen molar-refractivity contribution in [1.82, 2.24) is 14.9 Å². The van der Waals surface area contributed by atoms with E-state index < -0.39 is 0 Å². The monoisotopic (exact) mass is 322 g/mol. The first-order valence-corrected chi connectivity index (χ1v) is 8.38. The van der Waals surface area contributed by atoms with Crippen LogP contribution in [0.3, 0.4) is 0 Å². The van der Waals surface area contributed by atoms with Crippen molar-refractivity contribution in [2.45, 2.75) is 38.8 Å². The lowest BCUT2D eigenvalue weighted by atomic mass is 9.97. The van der Waals surface area contributed by atoms with Crippen LogP contribution in [0.25, 0.3) is 0 Å². The van der Waals surface area contributed by atoms with Crippen molar-refractivity contribution in [2.24, 2.45) is 11.7 Å². The number of primary amides is 1. The van der Waals surface area contributed by atoms with E-state index in [4.69, 9.17) is 5.73 Å². The zero-order valence-electron chi connectivity index (χ0n) is 13.3. The molecule has 0 radical (unpaired) electrons. The van der Waals surface area contributed by atoms with Gasteiger partial charge >= 0.3 is 0 Å². The summed E-state index contributed by atoms with van der Waals surface area (Å²) in [6, 6.07) is 0. The topological polar surface area (TPSA) is 89.2 Å². The summed E-state index contributed by atoms with van der Waals surface area (Å²) in [5.41, 5.74) is 8.30. The number of thioether (sulfide) groups is 1. The highest BCUT2D eigenvalue weighted by Gasteiger charge is 2.26. The summed E-state index contributed by atoms with van der Waals surface area (Å²) in [6.45, 7) is 7.00. The molecule has 0 saturated carbocycles. The second-order valence-electron chi connectivity index (χ2n) is 5.67.